The minimum Gasteiger partial charge on any atom is -0.420 e. The lowest BCUT2D eigenvalue weighted by atomic mass is 9.68. The minimum absolute atomic E-state index is 0.0712. The van der Waals surface area contributed by atoms with Crippen molar-refractivity contribution < 1.29 is 9.53 Å². The normalized spacial score (nSPS) is 20.8. The van der Waals surface area contributed by atoms with Crippen molar-refractivity contribution >= 4 is 27.5 Å². The van der Waals surface area contributed by atoms with E-state index in [1.54, 1.807) is 6.07 Å². The lowest BCUT2D eigenvalue weighted by Gasteiger charge is -2.32. The van der Waals surface area contributed by atoms with Crippen molar-refractivity contribution in [3.63, 3.8) is 0 Å². The summed E-state index contributed by atoms with van der Waals surface area (Å²) in [6.07, 6.45) is 1.51. The number of carbonyl (C=O) groups is 1. The molecule has 2 aromatic rings. The van der Waals surface area contributed by atoms with E-state index in [-0.39, 0.29) is 23.2 Å². The Kier molecular flexibility index (Phi) is 3.37. The Morgan fingerprint density at radius 1 is 1.44 bits per heavy atom. The summed E-state index contributed by atoms with van der Waals surface area (Å²) in [6.45, 7) is 2.03. The number of aromatic amines is 1. The predicted octanol–water partition coefficient (Wildman–Crippen LogP) is 2.45. The highest BCUT2D eigenvalue weighted by molar-refractivity contribution is 9.10. The van der Waals surface area contributed by atoms with Gasteiger partial charge in [0.1, 0.15) is 17.1 Å². The molecule has 0 aliphatic carbocycles. The van der Waals surface area contributed by atoms with Crippen LogP contribution in [0.15, 0.2) is 34.1 Å². The Labute approximate surface area is 152 Å². The van der Waals surface area contributed by atoms with Gasteiger partial charge < -0.3 is 15.8 Å². The van der Waals surface area contributed by atoms with Crippen LogP contribution in [0.4, 0.5) is 5.69 Å². The zero-order valence-corrected chi connectivity index (χ0v) is 14.9. The second kappa shape index (κ2) is 5.36. The Balaban J connectivity index is 2.16. The summed E-state index contributed by atoms with van der Waals surface area (Å²) in [6, 6.07) is 7.55. The van der Waals surface area contributed by atoms with E-state index < -0.39 is 5.41 Å². The number of H-pyrrole nitrogens is 1. The molecule has 0 radical (unpaired) electrons. The largest absolute Gasteiger partial charge is 0.420 e. The summed E-state index contributed by atoms with van der Waals surface area (Å²) in [7, 11) is 0. The van der Waals surface area contributed by atoms with E-state index in [0.717, 1.165) is 12.1 Å². The number of aromatic nitrogens is 2. The number of fused-ring (bicyclic) bond motifs is 4. The lowest BCUT2D eigenvalue weighted by molar-refractivity contribution is -0.118. The average molecular weight is 400 g/mol. The van der Waals surface area contributed by atoms with Crippen LogP contribution in [0.25, 0.3) is 0 Å². The fourth-order valence-corrected chi connectivity index (χ4v) is 4.33. The smallest absolute Gasteiger partial charge is 0.245 e. The minimum atomic E-state index is -1.38. The number of nitrogens with one attached hydrogen (secondary N) is 2. The molecule has 0 unspecified atom stereocenters. The van der Waals surface area contributed by atoms with Gasteiger partial charge in [0.05, 0.1) is 5.56 Å². The highest BCUT2D eigenvalue weighted by atomic mass is 79.9. The second-order valence-corrected chi connectivity index (χ2v) is 6.81. The third-order valence-electron chi connectivity index (χ3n) is 4.60. The molecule has 1 aromatic carbocycles. The maximum Gasteiger partial charge on any atom is 0.245 e. The van der Waals surface area contributed by atoms with Crippen LogP contribution < -0.4 is 15.8 Å². The molecule has 0 bridgehead atoms. The Morgan fingerprint density at radius 2 is 2.24 bits per heavy atom. The van der Waals surface area contributed by atoms with Crippen molar-refractivity contribution in [2.45, 2.75) is 25.2 Å². The Bertz CT molecular complexity index is 987. The van der Waals surface area contributed by atoms with E-state index >= 15 is 0 Å². The zero-order valence-electron chi connectivity index (χ0n) is 13.3. The van der Waals surface area contributed by atoms with Crippen LogP contribution in [0.1, 0.15) is 30.2 Å². The first-order valence-electron chi connectivity index (χ1n) is 7.82. The van der Waals surface area contributed by atoms with Gasteiger partial charge in [0.2, 0.25) is 17.7 Å². The highest BCUT2D eigenvalue weighted by Gasteiger charge is 2.59. The van der Waals surface area contributed by atoms with Crippen molar-refractivity contribution in [1.82, 2.24) is 10.2 Å². The van der Waals surface area contributed by atoms with Crippen LogP contribution in [-0.4, -0.2) is 16.1 Å². The molecule has 126 valence electrons. The highest BCUT2D eigenvalue weighted by Crippen LogP contribution is 2.55. The van der Waals surface area contributed by atoms with Crippen LogP contribution in [0, 0.1) is 11.3 Å². The molecule has 7 nitrogen and oxygen atoms in total. The monoisotopic (exact) mass is 399 g/mol. The number of hydrogen-bond acceptors (Lipinski definition) is 5. The molecule has 1 atom stereocenters. The van der Waals surface area contributed by atoms with Crippen LogP contribution in [-0.2, 0) is 16.6 Å². The number of nitrogens with two attached hydrogens (primary N) is 1. The number of anilines is 1. The fraction of sp³-hybridized carbons (Fsp3) is 0.235. The molecule has 4 rings (SSSR count). The molecular formula is C17H14BrN5O2. The zero-order chi connectivity index (χ0) is 17.8. The molecule has 0 saturated heterocycles. The Morgan fingerprint density at radius 3 is 2.96 bits per heavy atom. The van der Waals surface area contributed by atoms with Crippen molar-refractivity contribution in [2.75, 3.05) is 5.32 Å². The third kappa shape index (κ3) is 1.84. The number of nitriles is 1. The fourth-order valence-electron chi connectivity index (χ4n) is 3.67. The maximum absolute atomic E-state index is 13.2. The topological polar surface area (TPSA) is 117 Å². The molecule has 2 aliphatic heterocycles. The number of ether oxygens (including phenoxy) is 1. The molecule has 25 heavy (non-hydrogen) atoms. The van der Waals surface area contributed by atoms with Crippen molar-refractivity contribution in [2.24, 2.45) is 5.73 Å². The van der Waals surface area contributed by atoms with Gasteiger partial charge in [-0.2, -0.15) is 5.26 Å². The van der Waals surface area contributed by atoms with Gasteiger partial charge in [0.15, 0.2) is 0 Å². The van der Waals surface area contributed by atoms with Crippen molar-refractivity contribution in [1.29, 1.82) is 5.26 Å². The van der Waals surface area contributed by atoms with E-state index in [4.69, 9.17) is 10.5 Å². The number of aryl methyl sites for hydroxylation is 1. The van der Waals surface area contributed by atoms with E-state index in [9.17, 15) is 10.1 Å². The summed E-state index contributed by atoms with van der Waals surface area (Å²) < 4.78 is 6.26. The van der Waals surface area contributed by atoms with E-state index in [0.29, 0.717) is 27.7 Å². The van der Waals surface area contributed by atoms with Gasteiger partial charge in [0, 0.05) is 21.4 Å². The number of carbonyl (C=O) groups excluding carboxylic acids is 1. The van der Waals surface area contributed by atoms with Crippen LogP contribution in [0.2, 0.25) is 0 Å². The number of nitrogens with zero attached hydrogens (tertiary/aromatic N) is 2. The molecule has 0 saturated carbocycles. The summed E-state index contributed by atoms with van der Waals surface area (Å²) >= 11 is 3.53. The first-order chi connectivity index (χ1) is 12.1. The molecule has 1 amide bonds. The summed E-state index contributed by atoms with van der Waals surface area (Å²) in [5.41, 5.74) is 7.30. The molecule has 0 fully saturated rings. The first kappa shape index (κ1) is 15.7. The van der Waals surface area contributed by atoms with Gasteiger partial charge in [-0.3, -0.25) is 9.89 Å². The van der Waals surface area contributed by atoms with E-state index in [2.05, 4.69) is 37.5 Å². The van der Waals surface area contributed by atoms with E-state index in [1.807, 2.05) is 19.1 Å². The maximum atomic E-state index is 13.2. The molecule has 4 N–H and O–H groups in total. The third-order valence-corrected chi connectivity index (χ3v) is 5.26. The molecule has 2 aliphatic rings. The number of amides is 1. The number of benzene rings is 1. The second-order valence-electron chi connectivity index (χ2n) is 5.95. The molecule has 3 heterocycles. The summed E-state index contributed by atoms with van der Waals surface area (Å²) in [5.74, 6) is -0.209. The number of rotatable bonds is 2. The van der Waals surface area contributed by atoms with Crippen LogP contribution >= 0.6 is 15.9 Å². The molecule has 1 spiro atoms. The number of halogens is 1. The van der Waals surface area contributed by atoms with Gasteiger partial charge in [-0.05, 0) is 18.6 Å². The first-order valence-corrected chi connectivity index (χ1v) is 8.61. The standard InChI is InChI=1S/C17H14BrN5O2/c1-2-4-11-13-15(23-22-11)25-14(20)8(7-19)17(13)12-9(18)5-3-6-10(12)21-16(17)24/h3,5-6H,2,4,20H2,1H3,(H,21,24)(H,22,23)/t17-/m1/s1. The SMILES string of the molecule is CCCc1[nH]nc2c1[C@@]1(C(=O)Nc3cccc(Br)c31)C(C#N)=C(N)O2. The van der Waals surface area contributed by atoms with Gasteiger partial charge in [-0.25, -0.2) is 0 Å². The van der Waals surface area contributed by atoms with Gasteiger partial charge in [0.25, 0.3) is 0 Å². The summed E-state index contributed by atoms with van der Waals surface area (Å²) in [4.78, 5) is 13.2. The predicted molar refractivity (Wildman–Crippen MR) is 93.6 cm³/mol. The van der Waals surface area contributed by atoms with Crippen molar-refractivity contribution in [3.8, 4) is 11.9 Å². The number of hydrogen-bond donors (Lipinski definition) is 3. The van der Waals surface area contributed by atoms with Gasteiger partial charge in [-0.1, -0.05) is 35.3 Å². The average Bonchev–Trinajstić information content (AvgIpc) is 3.09. The van der Waals surface area contributed by atoms with Gasteiger partial charge in [-0.15, -0.1) is 5.10 Å². The van der Waals surface area contributed by atoms with Gasteiger partial charge >= 0.3 is 0 Å². The molecule has 8 heteroatoms. The lowest BCUT2D eigenvalue weighted by Crippen LogP contribution is -2.43. The summed E-state index contributed by atoms with van der Waals surface area (Å²) in [5, 5.41) is 19.8. The Hall–Kier alpha value is -2.79. The molecule has 1 aromatic heterocycles. The van der Waals surface area contributed by atoms with Crippen LogP contribution in [0.5, 0.6) is 5.88 Å². The van der Waals surface area contributed by atoms with Crippen LogP contribution in [0.3, 0.4) is 0 Å². The quantitative estimate of drug-likeness (QED) is 0.716. The van der Waals surface area contributed by atoms with E-state index in [1.165, 1.54) is 0 Å². The molecular weight excluding hydrogens is 386 g/mol. The van der Waals surface area contributed by atoms with Crippen molar-refractivity contribution in [3.05, 3.63) is 50.9 Å².